The SMILES string of the molecule is CC[C@H]1[C@@H]2CC[C@@H]3C[C@](C)(O)CC[C@@H]3[C@H]2CC[C@]1(C)[C@H](C)C(=O)Cn1cc(C#N)nn1. The summed E-state index contributed by atoms with van der Waals surface area (Å²) in [6.45, 7) is 8.97. The van der Waals surface area contributed by atoms with Gasteiger partial charge in [-0.05, 0) is 86.9 Å². The molecular weight excluding hydrogens is 388 g/mol. The average molecular weight is 427 g/mol. The van der Waals surface area contributed by atoms with Crippen molar-refractivity contribution in [3.05, 3.63) is 11.9 Å². The first kappa shape index (κ1) is 22.5. The number of aliphatic hydroxyl groups is 1. The molecule has 1 aromatic rings. The number of carbonyl (C=O) groups excluding carboxylic acids is 1. The van der Waals surface area contributed by atoms with E-state index in [9.17, 15) is 9.90 Å². The predicted octanol–water partition coefficient (Wildman–Crippen LogP) is 4.37. The van der Waals surface area contributed by atoms with Crippen LogP contribution in [0.4, 0.5) is 0 Å². The molecule has 6 heteroatoms. The number of Topliss-reactive ketones (excluding diaryl/α,β-unsaturated/α-hetero) is 1. The molecule has 170 valence electrons. The smallest absolute Gasteiger partial charge is 0.182 e. The molecule has 0 aromatic carbocycles. The van der Waals surface area contributed by atoms with E-state index in [1.807, 2.05) is 13.0 Å². The van der Waals surface area contributed by atoms with Gasteiger partial charge in [0.15, 0.2) is 11.5 Å². The third-order valence-corrected chi connectivity index (χ3v) is 9.56. The Morgan fingerprint density at radius 2 is 2.00 bits per heavy atom. The molecule has 6 nitrogen and oxygen atoms in total. The topological polar surface area (TPSA) is 91.8 Å². The maximum Gasteiger partial charge on any atom is 0.182 e. The molecule has 3 fully saturated rings. The normalized spacial score (nSPS) is 41.0. The summed E-state index contributed by atoms with van der Waals surface area (Å²) >= 11 is 0. The highest BCUT2D eigenvalue weighted by Gasteiger charge is 2.54. The maximum atomic E-state index is 13.2. The van der Waals surface area contributed by atoms with Gasteiger partial charge in [0.25, 0.3) is 0 Å². The summed E-state index contributed by atoms with van der Waals surface area (Å²) in [6.07, 6.45) is 10.5. The van der Waals surface area contributed by atoms with Gasteiger partial charge in [-0.1, -0.05) is 32.4 Å². The van der Waals surface area contributed by atoms with Crippen molar-refractivity contribution in [3.8, 4) is 6.07 Å². The van der Waals surface area contributed by atoms with Crippen molar-refractivity contribution in [1.29, 1.82) is 5.26 Å². The van der Waals surface area contributed by atoms with Crippen molar-refractivity contribution in [3.63, 3.8) is 0 Å². The number of aromatic nitrogens is 3. The van der Waals surface area contributed by atoms with Gasteiger partial charge in [0.1, 0.15) is 12.6 Å². The molecule has 1 heterocycles. The fourth-order valence-electron chi connectivity index (χ4n) is 7.83. The molecule has 31 heavy (non-hydrogen) atoms. The summed E-state index contributed by atoms with van der Waals surface area (Å²) in [4.78, 5) is 13.2. The van der Waals surface area contributed by atoms with E-state index < -0.39 is 5.60 Å². The summed E-state index contributed by atoms with van der Waals surface area (Å²) in [5.41, 5.74) is -0.227. The first-order valence-corrected chi connectivity index (χ1v) is 12.2. The fraction of sp³-hybridized carbons (Fsp3) is 0.840. The maximum absolute atomic E-state index is 13.2. The third kappa shape index (κ3) is 4.06. The van der Waals surface area contributed by atoms with Gasteiger partial charge in [-0.2, -0.15) is 5.26 Å². The second kappa shape index (κ2) is 8.31. The zero-order valence-corrected chi connectivity index (χ0v) is 19.5. The van der Waals surface area contributed by atoms with E-state index in [0.29, 0.717) is 17.8 Å². The van der Waals surface area contributed by atoms with E-state index in [4.69, 9.17) is 5.26 Å². The second-order valence-corrected chi connectivity index (χ2v) is 11.2. The summed E-state index contributed by atoms with van der Waals surface area (Å²) in [5.74, 6) is 3.58. The molecule has 3 saturated carbocycles. The minimum Gasteiger partial charge on any atom is -0.390 e. The number of carbonyl (C=O) groups is 1. The summed E-state index contributed by atoms with van der Waals surface area (Å²) in [5, 5.41) is 27.3. The van der Waals surface area contributed by atoms with Crippen LogP contribution in [0.1, 0.15) is 84.8 Å². The number of hydrogen-bond acceptors (Lipinski definition) is 5. The van der Waals surface area contributed by atoms with Crippen molar-refractivity contribution in [2.45, 2.75) is 91.2 Å². The van der Waals surface area contributed by atoms with Crippen LogP contribution in [-0.4, -0.2) is 31.5 Å². The first-order chi connectivity index (χ1) is 14.7. The molecule has 3 aliphatic carbocycles. The number of nitriles is 1. The van der Waals surface area contributed by atoms with Crippen molar-refractivity contribution in [1.82, 2.24) is 15.0 Å². The van der Waals surface area contributed by atoms with Gasteiger partial charge in [-0.15, -0.1) is 5.10 Å². The van der Waals surface area contributed by atoms with E-state index in [-0.39, 0.29) is 29.4 Å². The van der Waals surface area contributed by atoms with E-state index >= 15 is 0 Å². The van der Waals surface area contributed by atoms with Crippen LogP contribution in [0.15, 0.2) is 6.20 Å². The van der Waals surface area contributed by atoms with Crippen LogP contribution in [0.2, 0.25) is 0 Å². The van der Waals surface area contributed by atoms with Crippen LogP contribution in [0.3, 0.4) is 0 Å². The molecule has 0 saturated heterocycles. The number of rotatable bonds is 5. The Morgan fingerprint density at radius 3 is 2.68 bits per heavy atom. The van der Waals surface area contributed by atoms with Crippen LogP contribution in [0, 0.1) is 52.3 Å². The van der Waals surface area contributed by atoms with Crippen molar-refractivity contribution < 1.29 is 9.90 Å². The molecule has 0 amide bonds. The third-order valence-electron chi connectivity index (χ3n) is 9.56. The van der Waals surface area contributed by atoms with E-state index in [1.165, 1.54) is 23.9 Å². The highest BCUT2D eigenvalue weighted by molar-refractivity contribution is 5.81. The summed E-state index contributed by atoms with van der Waals surface area (Å²) in [6, 6.07) is 1.97. The van der Waals surface area contributed by atoms with Gasteiger partial charge < -0.3 is 5.11 Å². The van der Waals surface area contributed by atoms with Gasteiger partial charge in [-0.25, -0.2) is 4.68 Å². The minimum atomic E-state index is -0.477. The highest BCUT2D eigenvalue weighted by Crippen LogP contribution is 2.61. The minimum absolute atomic E-state index is 0.00135. The number of fused-ring (bicyclic) bond motifs is 3. The van der Waals surface area contributed by atoms with Crippen LogP contribution in [0.5, 0.6) is 0 Å². The lowest BCUT2D eigenvalue weighted by Crippen LogP contribution is -2.53. The Bertz CT molecular complexity index is 856. The van der Waals surface area contributed by atoms with E-state index in [2.05, 4.69) is 31.1 Å². The van der Waals surface area contributed by atoms with Crippen LogP contribution < -0.4 is 0 Å². The monoisotopic (exact) mass is 426 g/mol. The molecular formula is C25H38N4O2. The van der Waals surface area contributed by atoms with Gasteiger partial charge >= 0.3 is 0 Å². The van der Waals surface area contributed by atoms with Crippen molar-refractivity contribution >= 4 is 5.78 Å². The molecule has 0 aliphatic heterocycles. The van der Waals surface area contributed by atoms with Crippen molar-refractivity contribution in [2.24, 2.45) is 40.9 Å². The molecule has 1 aromatic heterocycles. The largest absolute Gasteiger partial charge is 0.390 e. The van der Waals surface area contributed by atoms with E-state index in [1.54, 1.807) is 6.20 Å². The zero-order chi connectivity index (χ0) is 22.4. The molecule has 8 atom stereocenters. The lowest BCUT2D eigenvalue weighted by atomic mass is 9.46. The lowest BCUT2D eigenvalue weighted by molar-refractivity contribution is -0.139. The number of hydrogen-bond donors (Lipinski definition) is 1. The lowest BCUT2D eigenvalue weighted by Gasteiger charge is -2.58. The van der Waals surface area contributed by atoms with Crippen LogP contribution in [0.25, 0.3) is 0 Å². The second-order valence-electron chi connectivity index (χ2n) is 11.2. The average Bonchev–Trinajstić information content (AvgIpc) is 3.19. The number of nitrogens with zero attached hydrogens (tertiary/aromatic N) is 4. The van der Waals surface area contributed by atoms with Crippen molar-refractivity contribution in [2.75, 3.05) is 0 Å². The molecule has 3 aliphatic rings. The quantitative estimate of drug-likeness (QED) is 0.754. The zero-order valence-electron chi connectivity index (χ0n) is 19.5. The highest BCUT2D eigenvalue weighted by atomic mass is 16.3. The predicted molar refractivity (Wildman–Crippen MR) is 118 cm³/mol. The Kier molecular flexibility index (Phi) is 6.02. The molecule has 1 N–H and O–H groups in total. The van der Waals surface area contributed by atoms with Crippen LogP contribution in [-0.2, 0) is 11.3 Å². The molecule has 0 spiro atoms. The molecule has 4 rings (SSSR count). The number of ketones is 1. The fourth-order valence-corrected chi connectivity index (χ4v) is 7.83. The van der Waals surface area contributed by atoms with Gasteiger partial charge in [0, 0.05) is 5.92 Å². The summed E-state index contributed by atoms with van der Waals surface area (Å²) < 4.78 is 1.51. The van der Waals surface area contributed by atoms with Gasteiger partial charge in [0.05, 0.1) is 11.8 Å². The standard InChI is InChI=1S/C25H38N4O2/c1-5-22-21-7-6-17-12-24(3,31)10-8-19(17)20(21)9-11-25(22,4)16(2)23(30)15-29-14-18(13-26)27-28-29/h14,16-17,19-22,31H,5-12,15H2,1-4H3/t16-,17-,19+,20-,21-,22+,24-,25-/m1/s1. The van der Waals surface area contributed by atoms with E-state index in [0.717, 1.165) is 43.9 Å². The molecule has 0 unspecified atom stereocenters. The van der Waals surface area contributed by atoms with Gasteiger partial charge in [0.2, 0.25) is 0 Å². The Balaban J connectivity index is 1.49. The Hall–Kier alpha value is -1.74. The Labute approximate surface area is 186 Å². The summed E-state index contributed by atoms with van der Waals surface area (Å²) in [7, 11) is 0. The molecule has 0 radical (unpaired) electrons. The Morgan fingerprint density at radius 1 is 1.26 bits per heavy atom. The molecule has 0 bridgehead atoms. The van der Waals surface area contributed by atoms with Gasteiger partial charge in [-0.3, -0.25) is 4.79 Å². The first-order valence-electron chi connectivity index (χ1n) is 12.2. The van der Waals surface area contributed by atoms with Crippen LogP contribution >= 0.6 is 0 Å².